The van der Waals surface area contributed by atoms with Gasteiger partial charge in [-0.15, -0.1) is 0 Å². The van der Waals surface area contributed by atoms with Crippen molar-refractivity contribution in [3.8, 4) is 66.8 Å². The van der Waals surface area contributed by atoms with Gasteiger partial charge in [0, 0.05) is 0 Å². The zero-order valence-electron chi connectivity index (χ0n) is 47.7. The fourth-order valence-electron chi connectivity index (χ4n) is 17.3. The van der Waals surface area contributed by atoms with Gasteiger partial charge in [0.05, 0.1) is 16.2 Å². The highest BCUT2D eigenvalue weighted by atomic mass is 14.6. The summed E-state index contributed by atoms with van der Waals surface area (Å²) < 4.78 is 0. The number of hydrogen-bond donors (Lipinski definition) is 0. The van der Waals surface area contributed by atoms with Crippen LogP contribution in [0.2, 0.25) is 0 Å². The average molecular weight is 1100 g/mol. The van der Waals surface area contributed by atoms with E-state index in [2.05, 4.69) is 328 Å². The molecular formula is C87H54. The van der Waals surface area contributed by atoms with Gasteiger partial charge < -0.3 is 0 Å². The van der Waals surface area contributed by atoms with Gasteiger partial charge in [0.1, 0.15) is 0 Å². The van der Waals surface area contributed by atoms with Crippen LogP contribution in [0.15, 0.2) is 291 Å². The molecule has 0 heterocycles. The van der Waals surface area contributed by atoms with Gasteiger partial charge in [0.2, 0.25) is 0 Å². The van der Waals surface area contributed by atoms with Crippen molar-refractivity contribution in [2.24, 2.45) is 0 Å². The van der Waals surface area contributed by atoms with Crippen molar-refractivity contribution in [1.29, 1.82) is 0 Å². The van der Waals surface area contributed by atoms with Gasteiger partial charge in [0.25, 0.3) is 0 Å². The smallest absolute Gasteiger partial charge is 0.0622 e. The standard InChI is InChI=1S/C87H54/c1-4-22-55(23-5-1)40-43-58-46-49-67-76(52-58)85(70-34-16-10-28-61(70)62-29-11-17-35-71(62)85)82-79(67)83-81(69-51-48-60(45-42-57-26-8-3-9-27-57)54-78(69)86(83)72-36-18-12-30-63(72)64-31-13-19-37-73(64)86)84-80(82)68-50-47-59(44-41-56-24-6-2-7-25-56)53-77(68)87(84)74-38-20-14-32-65(74)66-33-15-21-39-75(66)87/h1-54H. The topological polar surface area (TPSA) is 0 Å². The van der Waals surface area contributed by atoms with Crippen molar-refractivity contribution < 1.29 is 0 Å². The summed E-state index contributed by atoms with van der Waals surface area (Å²) in [5.41, 5.74) is 36.7. The molecule has 19 rings (SSSR count). The minimum atomic E-state index is -0.739. The van der Waals surface area contributed by atoms with Gasteiger partial charge in [-0.2, -0.15) is 0 Å². The lowest BCUT2D eigenvalue weighted by molar-refractivity contribution is 0.764. The first-order chi connectivity index (χ1) is 43.2. The third-order valence-corrected chi connectivity index (χ3v) is 20.4. The van der Waals surface area contributed by atoms with Gasteiger partial charge >= 0.3 is 0 Å². The number of benzene rings is 13. The van der Waals surface area contributed by atoms with Crippen molar-refractivity contribution in [2.45, 2.75) is 16.2 Å². The second-order valence-corrected chi connectivity index (χ2v) is 24.4. The van der Waals surface area contributed by atoms with Crippen molar-refractivity contribution >= 4 is 36.5 Å². The van der Waals surface area contributed by atoms with Crippen molar-refractivity contribution in [3.05, 3.63) is 391 Å². The fraction of sp³-hybridized carbons (Fsp3) is 0.0345. The Kier molecular flexibility index (Phi) is 10.1. The number of rotatable bonds is 6. The summed E-state index contributed by atoms with van der Waals surface area (Å²) >= 11 is 0. The van der Waals surface area contributed by atoms with Crippen molar-refractivity contribution in [3.63, 3.8) is 0 Å². The lowest BCUT2D eigenvalue weighted by Crippen LogP contribution is -2.31. The molecule has 0 unspecified atom stereocenters. The highest BCUT2D eigenvalue weighted by Crippen LogP contribution is 2.77. The first-order valence-corrected chi connectivity index (χ1v) is 30.6. The van der Waals surface area contributed by atoms with E-state index >= 15 is 0 Å². The van der Waals surface area contributed by atoms with Crippen LogP contribution < -0.4 is 0 Å². The summed E-state index contributed by atoms with van der Waals surface area (Å²) in [6.45, 7) is 0. The molecule has 0 saturated heterocycles. The molecular weight excluding hydrogens is 1040 g/mol. The molecule has 0 bridgehead atoms. The Morgan fingerprint density at radius 3 is 0.609 bits per heavy atom. The summed E-state index contributed by atoms with van der Waals surface area (Å²) in [7, 11) is 0. The first-order valence-electron chi connectivity index (χ1n) is 30.6. The molecule has 0 aliphatic heterocycles. The molecule has 0 aromatic heterocycles. The van der Waals surface area contributed by atoms with E-state index in [0.717, 1.165) is 0 Å². The maximum Gasteiger partial charge on any atom is 0.0731 e. The number of fused-ring (bicyclic) bond motifs is 33. The van der Waals surface area contributed by atoms with Crippen LogP contribution in [0.25, 0.3) is 103 Å². The summed E-state index contributed by atoms with van der Waals surface area (Å²) in [5.74, 6) is 0. The van der Waals surface area contributed by atoms with Crippen molar-refractivity contribution in [1.82, 2.24) is 0 Å². The molecule has 13 aromatic rings. The van der Waals surface area contributed by atoms with Crippen LogP contribution in [0.5, 0.6) is 0 Å². The zero-order valence-corrected chi connectivity index (χ0v) is 47.7. The Labute approximate surface area is 507 Å². The van der Waals surface area contributed by atoms with Gasteiger partial charge in [-0.05, 0) is 185 Å². The molecule has 6 aliphatic carbocycles. The van der Waals surface area contributed by atoms with Gasteiger partial charge in [-0.25, -0.2) is 0 Å². The van der Waals surface area contributed by atoms with Crippen LogP contribution in [0.4, 0.5) is 0 Å². The van der Waals surface area contributed by atoms with E-state index in [0.29, 0.717) is 0 Å². The average Bonchev–Trinajstić information content (AvgIpc) is 1.46. The molecule has 0 N–H and O–H groups in total. The second-order valence-electron chi connectivity index (χ2n) is 24.4. The molecule has 3 spiro atoms. The molecule has 13 aromatic carbocycles. The molecule has 0 fully saturated rings. The fourth-order valence-corrected chi connectivity index (χ4v) is 17.3. The largest absolute Gasteiger partial charge is 0.0731 e. The highest BCUT2D eigenvalue weighted by Gasteiger charge is 2.64. The summed E-state index contributed by atoms with van der Waals surface area (Å²) in [5, 5.41) is 0. The Morgan fingerprint density at radius 1 is 0.161 bits per heavy atom. The van der Waals surface area contributed by atoms with Crippen LogP contribution >= 0.6 is 0 Å². The molecule has 402 valence electrons. The van der Waals surface area contributed by atoms with E-state index in [4.69, 9.17) is 0 Å². The zero-order chi connectivity index (χ0) is 57.0. The number of hydrogen-bond acceptors (Lipinski definition) is 0. The molecule has 0 nitrogen and oxygen atoms in total. The van der Waals surface area contributed by atoms with E-state index in [1.165, 1.54) is 167 Å². The first kappa shape index (κ1) is 48.5. The maximum atomic E-state index is 2.58. The third-order valence-electron chi connectivity index (χ3n) is 20.4. The predicted molar refractivity (Wildman–Crippen MR) is 361 cm³/mol. The Bertz CT molecular complexity index is 4520. The van der Waals surface area contributed by atoms with Crippen LogP contribution in [-0.2, 0) is 16.2 Å². The van der Waals surface area contributed by atoms with E-state index in [-0.39, 0.29) is 0 Å². The monoisotopic (exact) mass is 1100 g/mol. The Balaban J connectivity index is 1.05. The van der Waals surface area contributed by atoms with Crippen LogP contribution in [0, 0.1) is 0 Å². The predicted octanol–water partition coefficient (Wildman–Crippen LogP) is 21.2. The SMILES string of the molecule is C(=Cc1ccc2c(c1)C1(c3ccccc3-c3ccccc31)c1c-2c2c(c3c1-c1ccc(C=Cc4ccccc4)cc1C31c3ccccc3-c3ccccc31)-c1ccc(C=Cc3ccccc3)cc1C21c2ccccc2-c2ccccc21)c1ccccc1. The molecule has 0 saturated carbocycles. The van der Waals surface area contributed by atoms with Crippen LogP contribution in [0.3, 0.4) is 0 Å². The molecule has 0 amide bonds. The summed E-state index contributed by atoms with van der Waals surface area (Å²) in [6, 6.07) is 111. The van der Waals surface area contributed by atoms with Crippen LogP contribution in [-0.4, -0.2) is 0 Å². The molecule has 0 atom stereocenters. The van der Waals surface area contributed by atoms with E-state index in [9.17, 15) is 0 Å². The van der Waals surface area contributed by atoms with E-state index in [1.807, 2.05) is 0 Å². The quantitative estimate of drug-likeness (QED) is 0.146. The van der Waals surface area contributed by atoms with E-state index < -0.39 is 16.2 Å². The van der Waals surface area contributed by atoms with Gasteiger partial charge in [0.15, 0.2) is 0 Å². The summed E-state index contributed by atoms with van der Waals surface area (Å²) in [4.78, 5) is 0. The van der Waals surface area contributed by atoms with Crippen molar-refractivity contribution in [2.75, 3.05) is 0 Å². The normalized spacial score (nSPS) is 15.0. The lowest BCUT2D eigenvalue weighted by atomic mass is 9.63. The maximum absolute atomic E-state index is 2.58. The minimum Gasteiger partial charge on any atom is -0.0622 e. The third kappa shape index (κ3) is 6.26. The van der Waals surface area contributed by atoms with Gasteiger partial charge in [-0.3, -0.25) is 0 Å². The van der Waals surface area contributed by atoms with E-state index in [1.54, 1.807) is 0 Å². The minimum absolute atomic E-state index is 0.739. The molecule has 0 radical (unpaired) electrons. The van der Waals surface area contributed by atoms with Crippen LogP contribution in [0.1, 0.15) is 100 Å². The molecule has 87 heavy (non-hydrogen) atoms. The molecule has 0 heteroatoms. The Morgan fingerprint density at radius 2 is 0.368 bits per heavy atom. The highest BCUT2D eigenvalue weighted by molar-refractivity contribution is 6.13. The summed E-state index contributed by atoms with van der Waals surface area (Å²) in [6.07, 6.45) is 13.8. The lowest BCUT2D eigenvalue weighted by Gasteiger charge is -2.37. The second kappa shape index (κ2) is 18.1. The molecule has 6 aliphatic rings. The Hall–Kier alpha value is -10.9. The van der Waals surface area contributed by atoms with Gasteiger partial charge in [-0.1, -0.05) is 309 Å².